The number of nitrogens with one attached hydrogen (secondary N) is 1. The van der Waals surface area contributed by atoms with E-state index in [2.05, 4.69) is 10.4 Å². The second-order valence-corrected chi connectivity index (χ2v) is 5.44. The topological polar surface area (TPSA) is 46.9 Å². The molecule has 1 heterocycles. The third kappa shape index (κ3) is 3.03. The molecule has 0 aliphatic carbocycles. The molecule has 0 bridgehead atoms. The molecule has 24 heavy (non-hydrogen) atoms. The SMILES string of the molecule is Cc1cc(C)n(-c2ccc(C(=O)Nc3c(F)cccc3F)cc2)n1. The number of hydrogen-bond acceptors (Lipinski definition) is 2. The van der Waals surface area contributed by atoms with Gasteiger partial charge < -0.3 is 5.32 Å². The van der Waals surface area contributed by atoms with Gasteiger partial charge in [0.05, 0.1) is 11.4 Å². The normalized spacial score (nSPS) is 10.7. The van der Waals surface area contributed by atoms with Gasteiger partial charge in [-0.15, -0.1) is 0 Å². The monoisotopic (exact) mass is 327 g/mol. The first-order valence-corrected chi connectivity index (χ1v) is 7.35. The summed E-state index contributed by atoms with van der Waals surface area (Å²) in [6, 6.07) is 12.0. The van der Waals surface area contributed by atoms with Crippen molar-refractivity contribution in [3.63, 3.8) is 0 Å². The summed E-state index contributed by atoms with van der Waals surface area (Å²) in [6.45, 7) is 3.83. The van der Waals surface area contributed by atoms with Crippen LogP contribution in [0.3, 0.4) is 0 Å². The van der Waals surface area contributed by atoms with Crippen LogP contribution in [0, 0.1) is 25.5 Å². The Morgan fingerprint density at radius 1 is 1.04 bits per heavy atom. The number of carbonyl (C=O) groups excluding carboxylic acids is 1. The minimum absolute atomic E-state index is 0.294. The number of para-hydroxylation sites is 1. The lowest BCUT2D eigenvalue weighted by atomic mass is 10.2. The zero-order valence-electron chi connectivity index (χ0n) is 13.2. The van der Waals surface area contributed by atoms with E-state index in [1.54, 1.807) is 28.9 Å². The molecule has 4 nitrogen and oxygen atoms in total. The van der Waals surface area contributed by atoms with Crippen molar-refractivity contribution < 1.29 is 13.6 Å². The van der Waals surface area contributed by atoms with Crippen LogP contribution in [-0.2, 0) is 0 Å². The summed E-state index contributed by atoms with van der Waals surface area (Å²) in [7, 11) is 0. The predicted octanol–water partition coefficient (Wildman–Crippen LogP) is 4.02. The number of amides is 1. The van der Waals surface area contributed by atoms with Gasteiger partial charge in [-0.25, -0.2) is 13.5 Å². The molecule has 1 N–H and O–H groups in total. The fourth-order valence-electron chi connectivity index (χ4n) is 2.45. The maximum absolute atomic E-state index is 13.6. The van der Waals surface area contributed by atoms with E-state index in [0.717, 1.165) is 29.2 Å². The average Bonchev–Trinajstić information content (AvgIpc) is 2.89. The lowest BCUT2D eigenvalue weighted by Gasteiger charge is -2.09. The van der Waals surface area contributed by atoms with Crippen molar-refractivity contribution in [2.45, 2.75) is 13.8 Å². The molecule has 1 amide bonds. The summed E-state index contributed by atoms with van der Waals surface area (Å²) in [5.41, 5.74) is 2.50. The number of carbonyl (C=O) groups is 1. The molecular formula is C18H15F2N3O. The maximum atomic E-state index is 13.6. The molecule has 0 aliphatic rings. The molecule has 3 aromatic rings. The zero-order chi connectivity index (χ0) is 17.3. The highest BCUT2D eigenvalue weighted by molar-refractivity contribution is 6.04. The van der Waals surface area contributed by atoms with Gasteiger partial charge in [-0.3, -0.25) is 4.79 Å². The maximum Gasteiger partial charge on any atom is 0.255 e. The van der Waals surface area contributed by atoms with Crippen molar-refractivity contribution in [1.29, 1.82) is 0 Å². The summed E-state index contributed by atoms with van der Waals surface area (Å²) in [5, 5.41) is 6.62. The number of benzene rings is 2. The highest BCUT2D eigenvalue weighted by Gasteiger charge is 2.13. The van der Waals surface area contributed by atoms with E-state index in [-0.39, 0.29) is 0 Å². The van der Waals surface area contributed by atoms with Crippen LogP contribution in [0.4, 0.5) is 14.5 Å². The van der Waals surface area contributed by atoms with Crippen molar-refractivity contribution in [3.05, 3.63) is 77.1 Å². The average molecular weight is 327 g/mol. The first-order chi connectivity index (χ1) is 11.5. The molecule has 122 valence electrons. The van der Waals surface area contributed by atoms with Gasteiger partial charge in [0.1, 0.15) is 17.3 Å². The smallest absolute Gasteiger partial charge is 0.255 e. The zero-order valence-corrected chi connectivity index (χ0v) is 13.2. The number of aromatic nitrogens is 2. The van der Waals surface area contributed by atoms with Crippen molar-refractivity contribution in [3.8, 4) is 5.69 Å². The molecule has 0 fully saturated rings. The Labute approximate surface area is 137 Å². The van der Waals surface area contributed by atoms with Gasteiger partial charge in [-0.2, -0.15) is 5.10 Å². The molecule has 1 aromatic heterocycles. The molecule has 2 aromatic carbocycles. The van der Waals surface area contributed by atoms with E-state index in [9.17, 15) is 13.6 Å². The van der Waals surface area contributed by atoms with Gasteiger partial charge in [0.15, 0.2) is 0 Å². The minimum Gasteiger partial charge on any atom is -0.317 e. The number of halogens is 2. The molecule has 6 heteroatoms. The Morgan fingerprint density at radius 3 is 2.21 bits per heavy atom. The van der Waals surface area contributed by atoms with E-state index >= 15 is 0 Å². The molecule has 0 spiro atoms. The van der Waals surface area contributed by atoms with E-state index in [1.165, 1.54) is 6.07 Å². The van der Waals surface area contributed by atoms with Gasteiger partial charge in [0.2, 0.25) is 0 Å². The van der Waals surface area contributed by atoms with Crippen molar-refractivity contribution in [2.24, 2.45) is 0 Å². The van der Waals surface area contributed by atoms with E-state index in [4.69, 9.17) is 0 Å². The highest BCUT2D eigenvalue weighted by Crippen LogP contribution is 2.19. The third-order valence-electron chi connectivity index (χ3n) is 3.58. The molecule has 0 radical (unpaired) electrons. The standard InChI is InChI=1S/C18H15F2N3O/c1-11-10-12(2)23(22-11)14-8-6-13(7-9-14)18(24)21-17-15(19)4-3-5-16(17)20/h3-10H,1-2H3,(H,21,24). The van der Waals surface area contributed by atoms with Crippen LogP contribution in [-0.4, -0.2) is 15.7 Å². The molecule has 3 rings (SSSR count). The third-order valence-corrected chi connectivity index (χ3v) is 3.58. The lowest BCUT2D eigenvalue weighted by molar-refractivity contribution is 0.102. The van der Waals surface area contributed by atoms with Crippen LogP contribution >= 0.6 is 0 Å². The molecule has 0 saturated heterocycles. The van der Waals surface area contributed by atoms with Crippen LogP contribution in [0.1, 0.15) is 21.7 Å². The van der Waals surface area contributed by atoms with Gasteiger partial charge >= 0.3 is 0 Å². The number of anilines is 1. The molecule has 0 saturated carbocycles. The predicted molar refractivity (Wildman–Crippen MR) is 87.3 cm³/mol. The second kappa shape index (κ2) is 6.23. The van der Waals surface area contributed by atoms with E-state index < -0.39 is 23.2 Å². The lowest BCUT2D eigenvalue weighted by Crippen LogP contribution is -2.14. The van der Waals surface area contributed by atoms with Gasteiger partial charge in [0.25, 0.3) is 5.91 Å². The fourth-order valence-corrected chi connectivity index (χ4v) is 2.45. The van der Waals surface area contributed by atoms with Crippen LogP contribution in [0.15, 0.2) is 48.5 Å². The number of nitrogens with zero attached hydrogens (tertiary/aromatic N) is 2. The molecule has 0 atom stereocenters. The Balaban J connectivity index is 1.83. The summed E-state index contributed by atoms with van der Waals surface area (Å²) in [4.78, 5) is 12.2. The van der Waals surface area contributed by atoms with E-state index in [1.807, 2.05) is 19.9 Å². The Hall–Kier alpha value is -3.02. The second-order valence-electron chi connectivity index (χ2n) is 5.44. The first-order valence-electron chi connectivity index (χ1n) is 7.35. The minimum atomic E-state index is -0.817. The Kier molecular flexibility index (Phi) is 4.12. The fraction of sp³-hybridized carbons (Fsp3) is 0.111. The van der Waals surface area contributed by atoms with Gasteiger partial charge in [-0.1, -0.05) is 6.07 Å². The number of rotatable bonds is 3. The summed E-state index contributed by atoms with van der Waals surface area (Å²) in [6.07, 6.45) is 0. The summed E-state index contributed by atoms with van der Waals surface area (Å²) in [5.74, 6) is -2.22. The van der Waals surface area contributed by atoms with Gasteiger partial charge in [0, 0.05) is 11.3 Å². The van der Waals surface area contributed by atoms with Crippen LogP contribution < -0.4 is 5.32 Å². The molecule has 0 aliphatic heterocycles. The van der Waals surface area contributed by atoms with Crippen LogP contribution in [0.25, 0.3) is 5.69 Å². The quantitative estimate of drug-likeness (QED) is 0.790. The first kappa shape index (κ1) is 15.9. The Morgan fingerprint density at radius 2 is 1.67 bits per heavy atom. The van der Waals surface area contributed by atoms with Crippen LogP contribution in [0.2, 0.25) is 0 Å². The van der Waals surface area contributed by atoms with Crippen LogP contribution in [0.5, 0.6) is 0 Å². The summed E-state index contributed by atoms with van der Waals surface area (Å²) < 4.78 is 28.9. The summed E-state index contributed by atoms with van der Waals surface area (Å²) >= 11 is 0. The van der Waals surface area contributed by atoms with E-state index in [0.29, 0.717) is 5.56 Å². The Bertz CT molecular complexity index is 881. The largest absolute Gasteiger partial charge is 0.317 e. The van der Waals surface area contributed by atoms with Crippen molar-refractivity contribution >= 4 is 11.6 Å². The number of aryl methyl sites for hydroxylation is 2. The number of hydrogen-bond donors (Lipinski definition) is 1. The van der Waals surface area contributed by atoms with Gasteiger partial charge in [-0.05, 0) is 56.3 Å². The molecular weight excluding hydrogens is 312 g/mol. The van der Waals surface area contributed by atoms with Crippen molar-refractivity contribution in [1.82, 2.24) is 9.78 Å². The molecule has 0 unspecified atom stereocenters. The van der Waals surface area contributed by atoms with Crippen molar-refractivity contribution in [2.75, 3.05) is 5.32 Å². The highest BCUT2D eigenvalue weighted by atomic mass is 19.1.